The number of aliphatic carboxylic acids is 1. The van der Waals surface area contributed by atoms with E-state index in [1.165, 1.54) is 6.92 Å². The van der Waals surface area contributed by atoms with Crippen molar-refractivity contribution in [3.63, 3.8) is 0 Å². The highest BCUT2D eigenvalue weighted by Crippen LogP contribution is 2.21. The van der Waals surface area contributed by atoms with Gasteiger partial charge in [0.15, 0.2) is 0 Å². The third-order valence-electron chi connectivity index (χ3n) is 2.58. The smallest absolute Gasteiger partial charge is 0.421 e. The van der Waals surface area contributed by atoms with Crippen molar-refractivity contribution >= 4 is 22.3 Å². The maximum absolute atomic E-state index is 11.7. The predicted octanol–water partition coefficient (Wildman–Crippen LogP) is -0.799. The summed E-state index contributed by atoms with van der Waals surface area (Å²) >= 11 is 0. The average Bonchev–Trinajstić information content (AvgIpc) is 2.28. The number of rotatable bonds is 5. The predicted molar refractivity (Wildman–Crippen MR) is 62.6 cm³/mol. The van der Waals surface area contributed by atoms with Gasteiger partial charge in [-0.05, 0) is 6.92 Å². The van der Waals surface area contributed by atoms with Crippen LogP contribution in [0.3, 0.4) is 0 Å². The quantitative estimate of drug-likeness (QED) is 0.605. The molecule has 0 saturated carbocycles. The minimum Gasteiger partial charge on any atom is -0.480 e. The summed E-state index contributed by atoms with van der Waals surface area (Å²) in [6.07, 6.45) is -1.21. The standard InChI is InChI=1S/C9H16N2O7S/c1-2-18-8(14)10-19(15,16)11-9(7(12)13)3-5-17-6-4-9/h11H,2-6H2,1H3,(H,10,14)(H,12,13). The van der Waals surface area contributed by atoms with Crippen LogP contribution in [0.5, 0.6) is 0 Å². The highest BCUT2D eigenvalue weighted by atomic mass is 32.2. The summed E-state index contributed by atoms with van der Waals surface area (Å²) in [5, 5.41) is 9.16. The molecule has 1 fully saturated rings. The SMILES string of the molecule is CCOC(=O)NS(=O)(=O)NC1(C(=O)O)CCOCC1. The molecule has 0 bridgehead atoms. The zero-order chi connectivity index (χ0) is 14.5. The lowest BCUT2D eigenvalue weighted by molar-refractivity contribution is -0.148. The van der Waals surface area contributed by atoms with Crippen LogP contribution >= 0.6 is 0 Å². The van der Waals surface area contributed by atoms with Gasteiger partial charge in [0.2, 0.25) is 0 Å². The summed E-state index contributed by atoms with van der Waals surface area (Å²) in [5.74, 6) is -1.31. The molecule has 19 heavy (non-hydrogen) atoms. The summed E-state index contributed by atoms with van der Waals surface area (Å²) in [6.45, 7) is 1.75. The van der Waals surface area contributed by atoms with Crippen LogP contribution in [0, 0.1) is 0 Å². The first-order valence-corrected chi connectivity index (χ1v) is 7.09. The topological polar surface area (TPSA) is 131 Å². The number of amides is 1. The minimum atomic E-state index is -4.32. The Morgan fingerprint density at radius 2 is 1.95 bits per heavy atom. The Morgan fingerprint density at radius 3 is 2.42 bits per heavy atom. The molecule has 9 nitrogen and oxygen atoms in total. The molecule has 1 amide bonds. The fraction of sp³-hybridized carbons (Fsp3) is 0.778. The van der Waals surface area contributed by atoms with Gasteiger partial charge in [-0.3, -0.25) is 4.79 Å². The third-order valence-corrected chi connectivity index (χ3v) is 3.67. The zero-order valence-electron chi connectivity index (χ0n) is 10.3. The number of carboxylic acid groups (broad SMARTS) is 1. The molecule has 110 valence electrons. The van der Waals surface area contributed by atoms with Crippen molar-refractivity contribution < 1.29 is 32.6 Å². The van der Waals surface area contributed by atoms with E-state index in [2.05, 4.69) is 4.74 Å². The number of carbonyl (C=O) groups is 2. The molecule has 3 N–H and O–H groups in total. The van der Waals surface area contributed by atoms with E-state index in [0.29, 0.717) is 0 Å². The second-order valence-electron chi connectivity index (χ2n) is 3.93. The number of carboxylic acids is 1. The van der Waals surface area contributed by atoms with Gasteiger partial charge in [0.1, 0.15) is 5.54 Å². The Hall–Kier alpha value is -1.39. The van der Waals surface area contributed by atoms with Crippen LogP contribution in [0.2, 0.25) is 0 Å². The highest BCUT2D eigenvalue weighted by molar-refractivity contribution is 7.88. The van der Waals surface area contributed by atoms with Gasteiger partial charge in [-0.2, -0.15) is 13.1 Å². The maximum Gasteiger partial charge on any atom is 0.421 e. The van der Waals surface area contributed by atoms with Gasteiger partial charge in [-0.25, -0.2) is 9.52 Å². The van der Waals surface area contributed by atoms with E-state index >= 15 is 0 Å². The molecule has 1 rings (SSSR count). The first-order valence-electron chi connectivity index (χ1n) is 5.61. The molecule has 0 aromatic carbocycles. The largest absolute Gasteiger partial charge is 0.480 e. The second-order valence-corrected chi connectivity index (χ2v) is 5.34. The lowest BCUT2D eigenvalue weighted by Gasteiger charge is -2.33. The van der Waals surface area contributed by atoms with Crippen LogP contribution in [0.15, 0.2) is 0 Å². The molecule has 0 aliphatic carbocycles. The molecule has 0 spiro atoms. The molecular formula is C9H16N2O7S. The number of nitrogens with one attached hydrogen (secondary N) is 2. The van der Waals surface area contributed by atoms with Crippen molar-refractivity contribution in [1.29, 1.82) is 0 Å². The molecule has 0 radical (unpaired) electrons. The Balaban J connectivity index is 2.78. The normalized spacial score (nSPS) is 18.6. The van der Waals surface area contributed by atoms with Crippen molar-refractivity contribution in [3.05, 3.63) is 0 Å². The molecule has 0 atom stereocenters. The van der Waals surface area contributed by atoms with Crippen molar-refractivity contribution in [2.24, 2.45) is 0 Å². The Morgan fingerprint density at radius 1 is 1.37 bits per heavy atom. The summed E-state index contributed by atoms with van der Waals surface area (Å²) in [7, 11) is -4.32. The van der Waals surface area contributed by atoms with Crippen molar-refractivity contribution in [2.45, 2.75) is 25.3 Å². The van der Waals surface area contributed by atoms with E-state index < -0.39 is 27.8 Å². The second kappa shape index (κ2) is 6.17. The Bertz CT molecular complexity index is 441. The monoisotopic (exact) mass is 296 g/mol. The molecular weight excluding hydrogens is 280 g/mol. The fourth-order valence-corrected chi connectivity index (χ4v) is 2.77. The molecule has 0 aromatic heterocycles. The van der Waals surface area contributed by atoms with Crippen LogP contribution in [-0.2, 0) is 24.5 Å². The van der Waals surface area contributed by atoms with E-state index in [1.54, 1.807) is 4.72 Å². The lowest BCUT2D eigenvalue weighted by Crippen LogP contribution is -2.60. The lowest BCUT2D eigenvalue weighted by atomic mass is 9.92. The van der Waals surface area contributed by atoms with Crippen LogP contribution in [0.4, 0.5) is 4.79 Å². The van der Waals surface area contributed by atoms with Gasteiger partial charge in [-0.1, -0.05) is 0 Å². The van der Waals surface area contributed by atoms with Crippen LogP contribution in [-0.4, -0.2) is 50.9 Å². The van der Waals surface area contributed by atoms with Crippen LogP contribution in [0.25, 0.3) is 0 Å². The van der Waals surface area contributed by atoms with Gasteiger partial charge >= 0.3 is 22.3 Å². The number of hydrogen-bond acceptors (Lipinski definition) is 6. The molecule has 1 aliphatic rings. The highest BCUT2D eigenvalue weighted by Gasteiger charge is 2.44. The average molecular weight is 296 g/mol. The number of carbonyl (C=O) groups excluding carboxylic acids is 1. The van der Waals surface area contributed by atoms with Gasteiger partial charge in [0, 0.05) is 26.1 Å². The summed E-state index contributed by atoms with van der Waals surface area (Å²) in [6, 6.07) is 0. The summed E-state index contributed by atoms with van der Waals surface area (Å²) in [4.78, 5) is 22.3. The number of hydrogen-bond donors (Lipinski definition) is 3. The maximum atomic E-state index is 11.7. The fourth-order valence-electron chi connectivity index (χ4n) is 1.63. The van der Waals surface area contributed by atoms with E-state index in [9.17, 15) is 18.0 Å². The van der Waals surface area contributed by atoms with Gasteiger partial charge < -0.3 is 14.6 Å². The Kier molecular flexibility index (Phi) is 5.09. The summed E-state index contributed by atoms with van der Waals surface area (Å²) < 4.78 is 36.3. The third kappa shape index (κ3) is 4.33. The first-order chi connectivity index (χ1) is 8.81. The zero-order valence-corrected chi connectivity index (χ0v) is 11.2. The van der Waals surface area contributed by atoms with Gasteiger partial charge in [-0.15, -0.1) is 0 Å². The first kappa shape index (κ1) is 15.7. The molecule has 1 aliphatic heterocycles. The molecule has 10 heteroatoms. The van der Waals surface area contributed by atoms with E-state index in [-0.39, 0.29) is 32.7 Å². The van der Waals surface area contributed by atoms with Gasteiger partial charge in [0.25, 0.3) is 0 Å². The van der Waals surface area contributed by atoms with E-state index in [1.807, 2.05) is 4.72 Å². The van der Waals surface area contributed by atoms with E-state index in [4.69, 9.17) is 9.84 Å². The van der Waals surface area contributed by atoms with Crippen molar-refractivity contribution in [1.82, 2.24) is 9.44 Å². The van der Waals surface area contributed by atoms with Crippen molar-refractivity contribution in [3.8, 4) is 0 Å². The summed E-state index contributed by atoms with van der Waals surface area (Å²) in [5.41, 5.74) is -1.67. The molecule has 0 aromatic rings. The number of ether oxygens (including phenoxy) is 2. The van der Waals surface area contributed by atoms with E-state index in [0.717, 1.165) is 0 Å². The van der Waals surface area contributed by atoms with Crippen LogP contribution < -0.4 is 9.44 Å². The molecule has 0 unspecified atom stereocenters. The molecule has 1 saturated heterocycles. The van der Waals surface area contributed by atoms with Crippen molar-refractivity contribution in [2.75, 3.05) is 19.8 Å². The van der Waals surface area contributed by atoms with Crippen LogP contribution in [0.1, 0.15) is 19.8 Å². The van der Waals surface area contributed by atoms with Gasteiger partial charge in [0.05, 0.1) is 6.61 Å². The Labute approximate surface area is 110 Å². The molecule has 1 heterocycles. The minimum absolute atomic E-state index is 0.000727.